The number of carbonyl (C=O) groups is 1. The molecule has 3 aromatic rings. The Balaban J connectivity index is 0.00000241. The van der Waals surface area contributed by atoms with Crippen LogP contribution in [0.4, 0.5) is 8.78 Å². The van der Waals surface area contributed by atoms with E-state index in [2.05, 4.69) is 16.0 Å². The van der Waals surface area contributed by atoms with Crippen LogP contribution in [0.25, 0.3) is 10.9 Å². The zero-order chi connectivity index (χ0) is 22.5. The van der Waals surface area contributed by atoms with Crippen molar-refractivity contribution in [2.75, 3.05) is 26.2 Å². The number of rotatable bonds is 4. The highest BCUT2D eigenvalue weighted by Gasteiger charge is 2.42. The number of likely N-dealkylation sites (tertiary alicyclic amines) is 2. The van der Waals surface area contributed by atoms with E-state index < -0.39 is 11.6 Å². The van der Waals surface area contributed by atoms with Gasteiger partial charge in [0, 0.05) is 35.1 Å². The van der Waals surface area contributed by atoms with Gasteiger partial charge in [-0.1, -0.05) is 24.3 Å². The fourth-order valence-corrected chi connectivity index (χ4v) is 5.84. The number of fused-ring (bicyclic) bond motifs is 3. The Morgan fingerprint density at radius 2 is 1.79 bits per heavy atom. The maximum absolute atomic E-state index is 14.3. The lowest BCUT2D eigenvalue weighted by atomic mass is 9.88. The van der Waals surface area contributed by atoms with Crippen LogP contribution < -0.4 is 0 Å². The number of carbonyl (C=O) groups excluding carboxylic acids is 1. The van der Waals surface area contributed by atoms with Gasteiger partial charge in [-0.3, -0.25) is 9.69 Å². The van der Waals surface area contributed by atoms with Crippen molar-refractivity contribution in [1.82, 2.24) is 14.8 Å². The monoisotopic (exact) mass is 487 g/mol. The van der Waals surface area contributed by atoms with Crippen molar-refractivity contribution < 1.29 is 18.3 Å². The molecule has 2 aromatic carbocycles. The normalized spacial score (nSPS) is 22.9. The molecule has 3 saturated heterocycles. The molecule has 0 radical (unpaired) electrons. The highest BCUT2D eigenvalue weighted by atomic mass is 35.5. The quantitative estimate of drug-likeness (QED) is 0.571. The van der Waals surface area contributed by atoms with E-state index in [9.17, 15) is 13.6 Å². The largest absolute Gasteiger partial charge is 0.374 e. The average Bonchev–Trinajstić information content (AvgIpc) is 3.55. The molecule has 0 aliphatic carbocycles. The first-order valence-corrected chi connectivity index (χ1v) is 11.8. The fraction of sp³-hybridized carbons (Fsp3) is 0.423. The van der Waals surface area contributed by atoms with Crippen molar-refractivity contribution in [3.63, 3.8) is 0 Å². The van der Waals surface area contributed by atoms with Gasteiger partial charge in [0.2, 0.25) is 0 Å². The van der Waals surface area contributed by atoms with E-state index in [-0.39, 0.29) is 41.9 Å². The topological polar surface area (TPSA) is 48.6 Å². The second-order valence-electron chi connectivity index (χ2n) is 9.51. The summed E-state index contributed by atoms with van der Waals surface area (Å²) in [5.41, 5.74) is 2.84. The first-order valence-electron chi connectivity index (χ1n) is 11.8. The van der Waals surface area contributed by atoms with Crippen LogP contribution in [0.1, 0.15) is 46.8 Å². The molecule has 5 nitrogen and oxygen atoms in total. The average molecular weight is 488 g/mol. The molecule has 1 N–H and O–H groups in total. The van der Waals surface area contributed by atoms with Crippen LogP contribution in [-0.4, -0.2) is 59.1 Å². The molecule has 34 heavy (non-hydrogen) atoms. The van der Waals surface area contributed by atoms with Crippen molar-refractivity contribution in [2.45, 2.75) is 43.9 Å². The van der Waals surface area contributed by atoms with E-state index in [0.29, 0.717) is 38.2 Å². The molecule has 6 rings (SSSR count). The first kappa shape index (κ1) is 23.3. The van der Waals surface area contributed by atoms with Crippen molar-refractivity contribution in [2.24, 2.45) is 0 Å². The van der Waals surface area contributed by atoms with Crippen LogP contribution in [0.2, 0.25) is 0 Å². The van der Waals surface area contributed by atoms with Crippen LogP contribution in [0.15, 0.2) is 42.5 Å². The standard InChI is InChI=1S/C26H27F2N3O2.ClH/c27-21-5-3-6-22(28)24(21)16-8-10-30(11-9-16)14-20-19-4-1-2-7-23(19)29-25(20)26(32)31-13-18-12-17(31)15-33-18;/h1-7,16-18,29H,8-15H2;1H/t17-,18-;/m0./s1. The van der Waals surface area contributed by atoms with E-state index in [0.717, 1.165) is 36.0 Å². The molecule has 3 aliphatic rings. The van der Waals surface area contributed by atoms with Crippen molar-refractivity contribution >= 4 is 29.2 Å². The number of para-hydroxylation sites is 1. The van der Waals surface area contributed by atoms with Gasteiger partial charge in [-0.25, -0.2) is 8.78 Å². The molecule has 3 fully saturated rings. The van der Waals surface area contributed by atoms with Gasteiger partial charge in [-0.15, -0.1) is 12.4 Å². The minimum atomic E-state index is -0.457. The summed E-state index contributed by atoms with van der Waals surface area (Å²) in [6, 6.07) is 12.3. The second kappa shape index (κ2) is 9.29. The maximum atomic E-state index is 14.3. The maximum Gasteiger partial charge on any atom is 0.271 e. The van der Waals surface area contributed by atoms with Gasteiger partial charge >= 0.3 is 0 Å². The molecule has 1 aromatic heterocycles. The SMILES string of the molecule is Cl.O=C(c1[nH]c2ccccc2c1CN1CCC(c2c(F)cccc2F)CC1)N1C[C@@H]2C[C@H]1CO2. The summed E-state index contributed by atoms with van der Waals surface area (Å²) in [6.07, 6.45) is 2.46. The van der Waals surface area contributed by atoms with Crippen LogP contribution >= 0.6 is 12.4 Å². The van der Waals surface area contributed by atoms with E-state index in [1.165, 1.54) is 18.2 Å². The predicted octanol–water partition coefficient (Wildman–Crippen LogP) is 4.86. The number of H-pyrrole nitrogens is 1. The third-order valence-corrected chi connectivity index (χ3v) is 7.57. The van der Waals surface area contributed by atoms with Crippen molar-refractivity contribution in [3.8, 4) is 0 Å². The molecule has 0 saturated carbocycles. The number of aromatic nitrogens is 1. The molecular formula is C26H28ClF2N3O2. The lowest BCUT2D eigenvalue weighted by Crippen LogP contribution is -2.42. The molecule has 0 spiro atoms. The van der Waals surface area contributed by atoms with Gasteiger partial charge in [-0.2, -0.15) is 0 Å². The zero-order valence-electron chi connectivity index (χ0n) is 18.8. The number of hydrogen-bond acceptors (Lipinski definition) is 3. The van der Waals surface area contributed by atoms with E-state index in [1.807, 2.05) is 23.1 Å². The zero-order valence-corrected chi connectivity index (χ0v) is 19.6. The number of piperidine rings is 1. The first-order chi connectivity index (χ1) is 16.1. The number of hydrogen-bond donors (Lipinski definition) is 1. The molecule has 2 atom stereocenters. The van der Waals surface area contributed by atoms with Gasteiger partial charge in [0.25, 0.3) is 5.91 Å². The van der Waals surface area contributed by atoms with Crippen molar-refractivity contribution in [1.29, 1.82) is 0 Å². The molecule has 2 bridgehead atoms. The summed E-state index contributed by atoms with van der Waals surface area (Å²) in [5.74, 6) is -0.990. The lowest BCUT2D eigenvalue weighted by molar-refractivity contribution is 0.0255. The molecule has 180 valence electrons. The van der Waals surface area contributed by atoms with Crippen LogP contribution in [0.5, 0.6) is 0 Å². The van der Waals surface area contributed by atoms with Gasteiger partial charge in [-0.05, 0) is 56.5 Å². The van der Waals surface area contributed by atoms with Crippen LogP contribution in [0, 0.1) is 11.6 Å². The minimum absolute atomic E-state index is 0. The lowest BCUT2D eigenvalue weighted by Gasteiger charge is -2.33. The number of nitrogens with zero attached hydrogens (tertiary/aromatic N) is 2. The molecule has 4 heterocycles. The van der Waals surface area contributed by atoms with Crippen LogP contribution in [0.3, 0.4) is 0 Å². The third-order valence-electron chi connectivity index (χ3n) is 7.57. The van der Waals surface area contributed by atoms with E-state index in [1.54, 1.807) is 0 Å². The van der Waals surface area contributed by atoms with Gasteiger partial charge < -0.3 is 14.6 Å². The van der Waals surface area contributed by atoms with Gasteiger partial charge in [0.15, 0.2) is 0 Å². The second-order valence-corrected chi connectivity index (χ2v) is 9.51. The summed E-state index contributed by atoms with van der Waals surface area (Å²) in [5, 5.41) is 1.06. The number of ether oxygens (including phenoxy) is 1. The highest BCUT2D eigenvalue weighted by molar-refractivity contribution is 6.01. The van der Waals surface area contributed by atoms with E-state index in [4.69, 9.17) is 4.74 Å². The smallest absolute Gasteiger partial charge is 0.271 e. The van der Waals surface area contributed by atoms with Crippen LogP contribution in [-0.2, 0) is 11.3 Å². The van der Waals surface area contributed by atoms with Gasteiger partial charge in [0.05, 0.1) is 18.8 Å². The Hall–Kier alpha value is -2.48. The number of morpholine rings is 1. The Kier molecular flexibility index (Phi) is 6.35. The molecule has 8 heteroatoms. The summed E-state index contributed by atoms with van der Waals surface area (Å²) in [4.78, 5) is 21.1. The Morgan fingerprint density at radius 3 is 2.47 bits per heavy atom. The Bertz CT molecular complexity index is 1190. The third kappa shape index (κ3) is 4.00. The molecular weight excluding hydrogens is 460 g/mol. The number of benzene rings is 2. The summed E-state index contributed by atoms with van der Waals surface area (Å²) in [7, 11) is 0. The number of halogens is 3. The minimum Gasteiger partial charge on any atom is -0.374 e. The summed E-state index contributed by atoms with van der Waals surface area (Å²) < 4.78 is 34.2. The van der Waals surface area contributed by atoms with E-state index >= 15 is 0 Å². The Morgan fingerprint density at radius 1 is 1.06 bits per heavy atom. The molecule has 0 unspecified atom stereocenters. The number of aromatic amines is 1. The van der Waals surface area contributed by atoms with Gasteiger partial charge in [0.1, 0.15) is 17.3 Å². The Labute approximate surface area is 203 Å². The number of amides is 1. The number of nitrogens with one attached hydrogen (secondary N) is 1. The summed E-state index contributed by atoms with van der Waals surface area (Å²) >= 11 is 0. The van der Waals surface area contributed by atoms with Crippen molar-refractivity contribution in [3.05, 3.63) is 70.9 Å². The summed E-state index contributed by atoms with van der Waals surface area (Å²) in [6.45, 7) is 3.36. The predicted molar refractivity (Wildman–Crippen MR) is 128 cm³/mol. The molecule has 1 amide bonds. The molecule has 3 aliphatic heterocycles. The highest BCUT2D eigenvalue weighted by Crippen LogP contribution is 2.35. The fourth-order valence-electron chi connectivity index (χ4n) is 5.84.